The van der Waals surface area contributed by atoms with Crippen molar-refractivity contribution < 1.29 is 9.18 Å². The lowest BCUT2D eigenvalue weighted by atomic mass is 10.1. The molecule has 2 N–H and O–H groups in total. The van der Waals surface area contributed by atoms with E-state index in [1.807, 2.05) is 6.08 Å². The third kappa shape index (κ3) is 2.78. The molecule has 0 spiro atoms. The van der Waals surface area contributed by atoms with E-state index in [0.717, 1.165) is 12.0 Å². The molecule has 0 aliphatic heterocycles. The molecule has 3 heteroatoms. The van der Waals surface area contributed by atoms with E-state index in [0.29, 0.717) is 12.8 Å². The van der Waals surface area contributed by atoms with Gasteiger partial charge in [0.15, 0.2) is 6.29 Å². The first kappa shape index (κ1) is 10.6. The second-order valence-electron chi connectivity index (χ2n) is 2.88. The van der Waals surface area contributed by atoms with Gasteiger partial charge in [0.1, 0.15) is 5.82 Å². The summed E-state index contributed by atoms with van der Waals surface area (Å²) in [5.74, 6) is -0.491. The number of halogens is 1. The van der Waals surface area contributed by atoms with Gasteiger partial charge >= 0.3 is 0 Å². The van der Waals surface area contributed by atoms with E-state index < -0.39 is 5.82 Å². The summed E-state index contributed by atoms with van der Waals surface area (Å²) in [5, 5.41) is 0. The summed E-state index contributed by atoms with van der Waals surface area (Å²) in [6.45, 7) is 0.575. The summed E-state index contributed by atoms with van der Waals surface area (Å²) in [5.41, 5.74) is 6.12. The largest absolute Gasteiger partial charge is 0.330 e. The van der Waals surface area contributed by atoms with Gasteiger partial charge in [-0.05, 0) is 30.7 Å². The van der Waals surface area contributed by atoms with Crippen LogP contribution in [-0.2, 0) is 0 Å². The van der Waals surface area contributed by atoms with E-state index in [1.165, 1.54) is 12.1 Å². The van der Waals surface area contributed by atoms with Crippen LogP contribution in [0.3, 0.4) is 0 Å². The van der Waals surface area contributed by atoms with Gasteiger partial charge in [-0.2, -0.15) is 0 Å². The molecule has 0 aliphatic carbocycles. The average molecular weight is 193 g/mol. The van der Waals surface area contributed by atoms with Crippen molar-refractivity contribution >= 4 is 12.4 Å². The highest BCUT2D eigenvalue weighted by molar-refractivity contribution is 5.75. The summed E-state index contributed by atoms with van der Waals surface area (Å²) < 4.78 is 13.1. The molecule has 0 unspecified atom stereocenters. The topological polar surface area (TPSA) is 43.1 Å². The Kier molecular flexibility index (Phi) is 4.01. The molecule has 1 aromatic carbocycles. The van der Waals surface area contributed by atoms with E-state index in [-0.39, 0.29) is 5.56 Å². The van der Waals surface area contributed by atoms with E-state index in [1.54, 1.807) is 12.1 Å². The van der Waals surface area contributed by atoms with Gasteiger partial charge in [0, 0.05) is 0 Å². The van der Waals surface area contributed by atoms with Crippen LogP contribution < -0.4 is 5.73 Å². The molecule has 0 saturated heterocycles. The van der Waals surface area contributed by atoms with Gasteiger partial charge in [-0.3, -0.25) is 4.79 Å². The first-order chi connectivity index (χ1) is 6.77. The van der Waals surface area contributed by atoms with Crippen LogP contribution in [0.5, 0.6) is 0 Å². The molecule has 0 aromatic heterocycles. The van der Waals surface area contributed by atoms with Gasteiger partial charge in [0.2, 0.25) is 0 Å². The Labute approximate surface area is 82.2 Å². The quantitative estimate of drug-likeness (QED) is 0.743. The van der Waals surface area contributed by atoms with Crippen molar-refractivity contribution in [1.82, 2.24) is 0 Å². The predicted octanol–water partition coefficient (Wildman–Crippen LogP) is 2.00. The Bertz CT molecular complexity index is 347. The zero-order chi connectivity index (χ0) is 10.4. The van der Waals surface area contributed by atoms with Gasteiger partial charge in [0.05, 0.1) is 5.56 Å². The number of nitrogens with two attached hydrogens (primary N) is 1. The first-order valence-electron chi connectivity index (χ1n) is 4.39. The third-order valence-electron chi connectivity index (χ3n) is 1.80. The molecule has 1 rings (SSSR count). The zero-order valence-corrected chi connectivity index (χ0v) is 7.74. The van der Waals surface area contributed by atoms with Crippen molar-refractivity contribution in [3.63, 3.8) is 0 Å². The molecule has 0 amide bonds. The molecule has 0 bridgehead atoms. The number of aldehydes is 1. The molecular formula is C11H12FNO. The Balaban J connectivity index is 2.81. The maximum atomic E-state index is 13.1. The van der Waals surface area contributed by atoms with Gasteiger partial charge in [-0.25, -0.2) is 4.39 Å². The van der Waals surface area contributed by atoms with E-state index in [9.17, 15) is 9.18 Å². The Morgan fingerprint density at radius 2 is 2.21 bits per heavy atom. The van der Waals surface area contributed by atoms with Crippen LogP contribution in [0.2, 0.25) is 0 Å². The number of benzene rings is 1. The van der Waals surface area contributed by atoms with Crippen molar-refractivity contribution in [2.75, 3.05) is 6.54 Å². The van der Waals surface area contributed by atoms with Crippen LogP contribution in [0.4, 0.5) is 4.39 Å². The summed E-state index contributed by atoms with van der Waals surface area (Å²) in [4.78, 5) is 10.3. The molecule has 1 aromatic rings. The van der Waals surface area contributed by atoms with E-state index >= 15 is 0 Å². The van der Waals surface area contributed by atoms with Crippen LogP contribution >= 0.6 is 0 Å². The smallest absolute Gasteiger partial charge is 0.152 e. The first-order valence-corrected chi connectivity index (χ1v) is 4.39. The second-order valence-corrected chi connectivity index (χ2v) is 2.88. The maximum Gasteiger partial charge on any atom is 0.152 e. The SMILES string of the molecule is NCCC=Cc1ccc(C=O)c(F)c1. The summed E-state index contributed by atoms with van der Waals surface area (Å²) in [6.07, 6.45) is 4.92. The fourth-order valence-corrected chi connectivity index (χ4v) is 1.06. The number of hydrogen-bond acceptors (Lipinski definition) is 2. The minimum absolute atomic E-state index is 0.0842. The van der Waals surface area contributed by atoms with Crippen LogP contribution in [0.1, 0.15) is 22.3 Å². The van der Waals surface area contributed by atoms with Crippen LogP contribution in [0.15, 0.2) is 24.3 Å². The van der Waals surface area contributed by atoms with Crippen molar-refractivity contribution in [2.24, 2.45) is 5.73 Å². The van der Waals surface area contributed by atoms with Crippen molar-refractivity contribution in [3.05, 3.63) is 41.2 Å². The highest BCUT2D eigenvalue weighted by Gasteiger charge is 1.99. The highest BCUT2D eigenvalue weighted by Crippen LogP contribution is 2.10. The lowest BCUT2D eigenvalue weighted by molar-refractivity contribution is 0.112. The van der Waals surface area contributed by atoms with Crippen molar-refractivity contribution in [3.8, 4) is 0 Å². The van der Waals surface area contributed by atoms with Gasteiger partial charge in [-0.1, -0.05) is 18.2 Å². The highest BCUT2D eigenvalue weighted by atomic mass is 19.1. The standard InChI is InChI=1S/C11H12FNO/c12-11-7-9(3-1-2-6-13)4-5-10(11)8-14/h1,3-5,7-8H,2,6,13H2. The number of hydrogen-bond donors (Lipinski definition) is 1. The summed E-state index contributed by atoms with van der Waals surface area (Å²) >= 11 is 0. The molecule has 0 aliphatic rings. The average Bonchev–Trinajstić information content (AvgIpc) is 2.18. The lowest BCUT2D eigenvalue weighted by Gasteiger charge is -1.96. The minimum atomic E-state index is -0.491. The van der Waals surface area contributed by atoms with Crippen LogP contribution in [-0.4, -0.2) is 12.8 Å². The van der Waals surface area contributed by atoms with Crippen LogP contribution in [0, 0.1) is 5.82 Å². The van der Waals surface area contributed by atoms with E-state index in [2.05, 4.69) is 0 Å². The predicted molar refractivity (Wildman–Crippen MR) is 54.5 cm³/mol. The second kappa shape index (κ2) is 5.29. The van der Waals surface area contributed by atoms with Crippen molar-refractivity contribution in [1.29, 1.82) is 0 Å². The Morgan fingerprint density at radius 3 is 2.79 bits per heavy atom. The number of carbonyl (C=O) groups is 1. The monoisotopic (exact) mass is 193 g/mol. The van der Waals surface area contributed by atoms with Gasteiger partial charge in [0.25, 0.3) is 0 Å². The molecule has 0 atom stereocenters. The molecular weight excluding hydrogens is 181 g/mol. The Morgan fingerprint density at radius 1 is 1.43 bits per heavy atom. The minimum Gasteiger partial charge on any atom is -0.330 e. The Hall–Kier alpha value is -1.48. The normalized spacial score (nSPS) is 10.7. The molecule has 0 fully saturated rings. The number of carbonyl (C=O) groups excluding carboxylic acids is 1. The molecule has 14 heavy (non-hydrogen) atoms. The van der Waals surface area contributed by atoms with Gasteiger partial charge < -0.3 is 5.73 Å². The molecule has 0 radical (unpaired) electrons. The number of rotatable bonds is 4. The van der Waals surface area contributed by atoms with E-state index in [4.69, 9.17) is 5.73 Å². The van der Waals surface area contributed by atoms with Crippen molar-refractivity contribution in [2.45, 2.75) is 6.42 Å². The lowest BCUT2D eigenvalue weighted by Crippen LogP contribution is -1.95. The fourth-order valence-electron chi connectivity index (χ4n) is 1.06. The maximum absolute atomic E-state index is 13.1. The fraction of sp³-hybridized carbons (Fsp3) is 0.182. The molecule has 74 valence electrons. The van der Waals surface area contributed by atoms with Gasteiger partial charge in [-0.15, -0.1) is 0 Å². The molecule has 0 saturated carbocycles. The molecule has 2 nitrogen and oxygen atoms in total. The molecule has 0 heterocycles. The zero-order valence-electron chi connectivity index (χ0n) is 7.74. The summed E-state index contributed by atoms with van der Waals surface area (Å²) in [7, 11) is 0. The van der Waals surface area contributed by atoms with Crippen LogP contribution in [0.25, 0.3) is 6.08 Å². The summed E-state index contributed by atoms with van der Waals surface area (Å²) in [6, 6.07) is 4.49. The third-order valence-corrected chi connectivity index (χ3v) is 1.80.